The molecule has 2 aromatic rings. The average Bonchev–Trinajstić information content (AvgIpc) is 2.27. The van der Waals surface area contributed by atoms with E-state index in [1.807, 2.05) is 39.0 Å². The summed E-state index contributed by atoms with van der Waals surface area (Å²) >= 11 is 1.46. The van der Waals surface area contributed by atoms with Crippen LogP contribution in [0.3, 0.4) is 0 Å². The van der Waals surface area contributed by atoms with Gasteiger partial charge in [-0.25, -0.2) is 15.0 Å². The minimum Gasteiger partial charge on any atom is -0.324 e. The van der Waals surface area contributed by atoms with Crippen LogP contribution in [-0.4, -0.2) is 15.0 Å². The van der Waals surface area contributed by atoms with Crippen molar-refractivity contribution in [3.63, 3.8) is 0 Å². The van der Waals surface area contributed by atoms with Crippen LogP contribution >= 0.6 is 11.8 Å². The quantitative estimate of drug-likeness (QED) is 0.859. The van der Waals surface area contributed by atoms with E-state index < -0.39 is 0 Å². The number of nitrogens with two attached hydrogens (primary N) is 1. The molecule has 0 spiro atoms. The lowest BCUT2D eigenvalue weighted by Crippen LogP contribution is -2.07. The van der Waals surface area contributed by atoms with Crippen molar-refractivity contribution in [1.82, 2.24) is 15.0 Å². The number of aromatic nitrogens is 3. The van der Waals surface area contributed by atoms with Gasteiger partial charge in [0, 0.05) is 29.2 Å². The standard InChI is InChI=1S/C13H16N4S/c1-8-7-9(2)17-13(16-8)18-12-11(10(3)14)5-4-6-15-12/h4-7,10H,14H2,1-3H3/t10-/m0/s1. The summed E-state index contributed by atoms with van der Waals surface area (Å²) in [5, 5.41) is 1.59. The number of rotatable bonds is 3. The molecule has 0 amide bonds. The van der Waals surface area contributed by atoms with Crippen LogP contribution in [0, 0.1) is 13.8 Å². The van der Waals surface area contributed by atoms with Crippen molar-refractivity contribution in [2.45, 2.75) is 37.0 Å². The molecular weight excluding hydrogens is 244 g/mol. The molecule has 5 heteroatoms. The van der Waals surface area contributed by atoms with Gasteiger partial charge in [0.05, 0.1) is 0 Å². The fourth-order valence-electron chi connectivity index (χ4n) is 1.66. The van der Waals surface area contributed by atoms with Gasteiger partial charge in [-0.2, -0.15) is 0 Å². The van der Waals surface area contributed by atoms with Crippen molar-refractivity contribution in [2.75, 3.05) is 0 Å². The molecule has 18 heavy (non-hydrogen) atoms. The van der Waals surface area contributed by atoms with Gasteiger partial charge in [-0.15, -0.1) is 0 Å². The van der Waals surface area contributed by atoms with Gasteiger partial charge >= 0.3 is 0 Å². The molecule has 0 aliphatic heterocycles. The van der Waals surface area contributed by atoms with Gasteiger partial charge in [0.15, 0.2) is 5.16 Å². The first-order valence-electron chi connectivity index (χ1n) is 5.77. The second-order valence-electron chi connectivity index (χ2n) is 4.22. The van der Waals surface area contributed by atoms with Crippen molar-refractivity contribution < 1.29 is 0 Å². The zero-order valence-electron chi connectivity index (χ0n) is 10.7. The average molecular weight is 260 g/mol. The van der Waals surface area contributed by atoms with Crippen molar-refractivity contribution in [1.29, 1.82) is 0 Å². The summed E-state index contributed by atoms with van der Waals surface area (Å²) in [6.07, 6.45) is 1.76. The number of pyridine rings is 1. The molecule has 0 saturated carbocycles. The van der Waals surface area contributed by atoms with Crippen LogP contribution in [0.2, 0.25) is 0 Å². The lowest BCUT2D eigenvalue weighted by molar-refractivity contribution is 0.777. The molecule has 2 aromatic heterocycles. The monoisotopic (exact) mass is 260 g/mol. The normalized spacial score (nSPS) is 12.4. The van der Waals surface area contributed by atoms with Crippen molar-refractivity contribution >= 4 is 11.8 Å². The second-order valence-corrected chi connectivity index (χ2v) is 5.18. The molecule has 1 atom stereocenters. The first kappa shape index (κ1) is 13.0. The van der Waals surface area contributed by atoms with Gasteiger partial charge in [0.2, 0.25) is 0 Å². The maximum atomic E-state index is 5.93. The Kier molecular flexibility index (Phi) is 3.93. The third-order valence-corrected chi connectivity index (χ3v) is 3.34. The Morgan fingerprint density at radius 1 is 1.22 bits per heavy atom. The van der Waals surface area contributed by atoms with Crippen LogP contribution < -0.4 is 5.73 Å². The van der Waals surface area contributed by atoms with E-state index in [1.165, 1.54) is 11.8 Å². The molecular formula is C13H16N4S. The minimum atomic E-state index is -0.0490. The highest BCUT2D eigenvalue weighted by Gasteiger charge is 2.11. The highest BCUT2D eigenvalue weighted by atomic mass is 32.2. The Labute approximate surface area is 111 Å². The number of hydrogen-bond acceptors (Lipinski definition) is 5. The summed E-state index contributed by atoms with van der Waals surface area (Å²) in [6.45, 7) is 5.87. The number of hydrogen-bond donors (Lipinski definition) is 1. The van der Waals surface area contributed by atoms with Crippen LogP contribution in [0.1, 0.15) is 29.9 Å². The molecule has 0 unspecified atom stereocenters. The van der Waals surface area contributed by atoms with Crippen molar-refractivity contribution in [2.24, 2.45) is 5.73 Å². The smallest absolute Gasteiger partial charge is 0.194 e. The summed E-state index contributed by atoms with van der Waals surface area (Å²) in [5.41, 5.74) is 8.88. The third kappa shape index (κ3) is 3.05. The van der Waals surface area contributed by atoms with Gasteiger partial charge in [-0.1, -0.05) is 6.07 Å². The number of nitrogens with zero attached hydrogens (tertiary/aromatic N) is 3. The maximum Gasteiger partial charge on any atom is 0.194 e. The summed E-state index contributed by atoms with van der Waals surface area (Å²) in [7, 11) is 0. The van der Waals surface area contributed by atoms with Gasteiger partial charge in [-0.3, -0.25) is 0 Å². The van der Waals surface area contributed by atoms with E-state index in [2.05, 4.69) is 15.0 Å². The van der Waals surface area contributed by atoms with Gasteiger partial charge < -0.3 is 5.73 Å². The zero-order valence-corrected chi connectivity index (χ0v) is 11.5. The zero-order chi connectivity index (χ0) is 13.1. The van der Waals surface area contributed by atoms with E-state index in [0.29, 0.717) is 5.16 Å². The molecule has 2 heterocycles. The molecule has 0 radical (unpaired) electrons. The molecule has 0 bridgehead atoms. The molecule has 0 saturated heterocycles. The Morgan fingerprint density at radius 3 is 2.50 bits per heavy atom. The SMILES string of the molecule is Cc1cc(C)nc(Sc2ncccc2[C@H](C)N)n1. The Bertz CT molecular complexity index is 534. The van der Waals surface area contributed by atoms with E-state index in [-0.39, 0.29) is 6.04 Å². The highest BCUT2D eigenvalue weighted by molar-refractivity contribution is 7.99. The molecule has 0 aliphatic carbocycles. The predicted octanol–water partition coefficient (Wildman–Crippen LogP) is 2.66. The van der Waals surface area contributed by atoms with Crippen LogP contribution in [-0.2, 0) is 0 Å². The van der Waals surface area contributed by atoms with Crippen LogP contribution in [0.5, 0.6) is 0 Å². The largest absolute Gasteiger partial charge is 0.324 e. The summed E-state index contributed by atoms with van der Waals surface area (Å²) in [4.78, 5) is 13.2. The Balaban J connectivity index is 2.34. The molecule has 4 nitrogen and oxygen atoms in total. The molecule has 94 valence electrons. The lowest BCUT2D eigenvalue weighted by atomic mass is 10.2. The number of aryl methyl sites for hydroxylation is 2. The highest BCUT2D eigenvalue weighted by Crippen LogP contribution is 2.28. The van der Waals surface area contributed by atoms with Gasteiger partial charge in [-0.05, 0) is 44.7 Å². The Hall–Kier alpha value is -1.46. The predicted molar refractivity (Wildman–Crippen MR) is 72.5 cm³/mol. The first-order valence-corrected chi connectivity index (χ1v) is 6.58. The van der Waals surface area contributed by atoms with Crippen LogP contribution in [0.15, 0.2) is 34.6 Å². The molecule has 0 aromatic carbocycles. The van der Waals surface area contributed by atoms with E-state index in [4.69, 9.17) is 5.73 Å². The van der Waals surface area contributed by atoms with Crippen LogP contribution in [0.4, 0.5) is 0 Å². The van der Waals surface area contributed by atoms with Gasteiger partial charge in [0.25, 0.3) is 0 Å². The van der Waals surface area contributed by atoms with E-state index in [1.54, 1.807) is 6.20 Å². The van der Waals surface area contributed by atoms with Crippen LogP contribution in [0.25, 0.3) is 0 Å². The molecule has 0 fully saturated rings. The summed E-state index contributed by atoms with van der Waals surface area (Å²) < 4.78 is 0. The van der Waals surface area contributed by atoms with E-state index in [9.17, 15) is 0 Å². The molecule has 0 aliphatic rings. The minimum absolute atomic E-state index is 0.0490. The molecule has 2 rings (SSSR count). The van der Waals surface area contributed by atoms with Crippen molar-refractivity contribution in [3.8, 4) is 0 Å². The fourth-order valence-corrected chi connectivity index (χ4v) is 2.70. The lowest BCUT2D eigenvalue weighted by Gasteiger charge is -2.10. The van der Waals surface area contributed by atoms with E-state index >= 15 is 0 Å². The third-order valence-electron chi connectivity index (χ3n) is 2.44. The summed E-state index contributed by atoms with van der Waals surface area (Å²) in [5.74, 6) is 0. The molecule has 2 N–H and O–H groups in total. The van der Waals surface area contributed by atoms with Gasteiger partial charge in [0.1, 0.15) is 5.03 Å². The Morgan fingerprint density at radius 2 is 1.89 bits per heavy atom. The first-order chi connectivity index (χ1) is 8.56. The van der Waals surface area contributed by atoms with E-state index in [0.717, 1.165) is 22.0 Å². The van der Waals surface area contributed by atoms with Crippen molar-refractivity contribution in [3.05, 3.63) is 41.3 Å². The summed E-state index contributed by atoms with van der Waals surface area (Å²) in [6, 6.07) is 5.79. The fraction of sp³-hybridized carbons (Fsp3) is 0.308. The maximum absolute atomic E-state index is 5.93. The topological polar surface area (TPSA) is 64.7 Å². The second kappa shape index (κ2) is 5.46.